The maximum atomic E-state index is 12.9. The highest BCUT2D eigenvalue weighted by Crippen LogP contribution is 2.29. The molecule has 0 bridgehead atoms. The number of hydrogen-bond acceptors (Lipinski definition) is 3. The van der Waals surface area contributed by atoms with Gasteiger partial charge in [0.2, 0.25) is 0 Å². The molecule has 0 amide bonds. The highest BCUT2D eigenvalue weighted by atomic mass is 32.2. The maximum Gasteiger partial charge on any atom is 0.416 e. The van der Waals surface area contributed by atoms with Crippen LogP contribution in [0, 0.1) is 6.92 Å². The lowest BCUT2D eigenvalue weighted by Gasteiger charge is -2.11. The topological polar surface area (TPSA) is 51.2 Å². The lowest BCUT2D eigenvalue weighted by atomic mass is 10.0. The van der Waals surface area contributed by atoms with Gasteiger partial charge in [-0.2, -0.15) is 13.2 Å². The van der Waals surface area contributed by atoms with Crippen LogP contribution in [-0.4, -0.2) is 20.0 Å². The zero-order chi connectivity index (χ0) is 22.6. The van der Waals surface area contributed by atoms with Crippen molar-refractivity contribution in [3.05, 3.63) is 107 Å². The number of sulfone groups is 1. The normalized spacial score (nSPS) is 12.6. The zero-order valence-electron chi connectivity index (χ0n) is 16.6. The Morgan fingerprint density at radius 1 is 0.839 bits per heavy atom. The Bertz CT molecular complexity index is 1190. The van der Waals surface area contributed by atoms with Crippen molar-refractivity contribution in [2.24, 2.45) is 0 Å². The number of alkyl halides is 3. The molecule has 0 aliphatic rings. The van der Waals surface area contributed by atoms with E-state index in [-0.39, 0.29) is 16.0 Å². The van der Waals surface area contributed by atoms with E-state index < -0.39 is 33.1 Å². The van der Waals surface area contributed by atoms with Gasteiger partial charge < -0.3 is 0 Å². The number of aryl methyl sites for hydroxylation is 1. The van der Waals surface area contributed by atoms with Crippen LogP contribution in [0.25, 0.3) is 5.57 Å². The van der Waals surface area contributed by atoms with Crippen LogP contribution in [0.15, 0.2) is 89.8 Å². The first-order valence-electron chi connectivity index (χ1n) is 9.33. The van der Waals surface area contributed by atoms with Gasteiger partial charge in [0.15, 0.2) is 15.6 Å². The van der Waals surface area contributed by atoms with E-state index in [0.29, 0.717) is 5.56 Å². The summed E-state index contributed by atoms with van der Waals surface area (Å²) in [4.78, 5) is 12.8. The Balaban J connectivity index is 1.99. The van der Waals surface area contributed by atoms with Crippen LogP contribution in [0.4, 0.5) is 13.2 Å². The average Bonchev–Trinajstić information content (AvgIpc) is 2.74. The smallest absolute Gasteiger partial charge is 0.289 e. The van der Waals surface area contributed by atoms with E-state index in [0.717, 1.165) is 29.8 Å². The third kappa shape index (κ3) is 5.70. The monoisotopic (exact) mass is 444 g/mol. The number of allylic oxidation sites excluding steroid dienone is 1. The van der Waals surface area contributed by atoms with Gasteiger partial charge in [0.25, 0.3) is 0 Å². The van der Waals surface area contributed by atoms with Crippen molar-refractivity contribution in [2.75, 3.05) is 5.75 Å². The van der Waals surface area contributed by atoms with Crippen LogP contribution in [0.1, 0.15) is 27.0 Å². The van der Waals surface area contributed by atoms with Crippen LogP contribution in [0.2, 0.25) is 0 Å². The van der Waals surface area contributed by atoms with Crippen LogP contribution >= 0.6 is 0 Å². The van der Waals surface area contributed by atoms with Gasteiger partial charge in [0.05, 0.1) is 16.2 Å². The highest BCUT2D eigenvalue weighted by Gasteiger charge is 2.30. The molecule has 0 radical (unpaired) electrons. The zero-order valence-corrected chi connectivity index (χ0v) is 17.4. The van der Waals surface area contributed by atoms with Gasteiger partial charge in [-0.1, -0.05) is 60.2 Å². The molecule has 0 spiro atoms. The highest BCUT2D eigenvalue weighted by molar-refractivity contribution is 7.91. The van der Waals surface area contributed by atoms with E-state index in [4.69, 9.17) is 0 Å². The standard InChI is InChI=1S/C24H19F3O3S/c1-17-7-9-18(10-8-17)20(16-31(29,30)22-5-3-2-4-6-22)15-23(28)19-11-13-21(14-12-19)24(25,26)27/h2-15H,16H2,1H3/b20-15-. The molecule has 3 nitrogen and oxygen atoms in total. The molecule has 0 saturated carbocycles. The van der Waals surface area contributed by atoms with E-state index >= 15 is 0 Å². The Morgan fingerprint density at radius 2 is 1.39 bits per heavy atom. The van der Waals surface area contributed by atoms with Gasteiger partial charge in [-0.15, -0.1) is 0 Å². The fraction of sp³-hybridized carbons (Fsp3) is 0.125. The van der Waals surface area contributed by atoms with Crippen molar-refractivity contribution >= 4 is 21.2 Å². The molecule has 0 heterocycles. The van der Waals surface area contributed by atoms with Crippen molar-refractivity contribution in [2.45, 2.75) is 18.0 Å². The molecule has 0 saturated heterocycles. The van der Waals surface area contributed by atoms with Crippen molar-refractivity contribution in [1.82, 2.24) is 0 Å². The van der Waals surface area contributed by atoms with Crippen LogP contribution in [0.3, 0.4) is 0 Å². The average molecular weight is 444 g/mol. The van der Waals surface area contributed by atoms with Crippen LogP contribution in [-0.2, 0) is 16.0 Å². The third-order valence-electron chi connectivity index (χ3n) is 4.67. The number of benzene rings is 3. The number of carbonyl (C=O) groups excluding carboxylic acids is 1. The molecular formula is C24H19F3O3S. The number of carbonyl (C=O) groups is 1. The predicted molar refractivity (Wildman–Crippen MR) is 113 cm³/mol. The lowest BCUT2D eigenvalue weighted by molar-refractivity contribution is -0.137. The van der Waals surface area contributed by atoms with E-state index in [1.54, 1.807) is 42.5 Å². The fourth-order valence-corrected chi connectivity index (χ4v) is 4.35. The molecule has 0 unspecified atom stereocenters. The summed E-state index contributed by atoms with van der Waals surface area (Å²) < 4.78 is 64.1. The fourth-order valence-electron chi connectivity index (χ4n) is 2.96. The van der Waals surface area contributed by atoms with Crippen molar-refractivity contribution in [3.8, 4) is 0 Å². The number of ketones is 1. The first-order valence-corrected chi connectivity index (χ1v) is 11.0. The second kappa shape index (κ2) is 8.89. The summed E-state index contributed by atoms with van der Waals surface area (Å²) in [6, 6.07) is 18.7. The Morgan fingerprint density at radius 3 is 1.94 bits per heavy atom. The summed E-state index contributed by atoms with van der Waals surface area (Å²) in [5.74, 6) is -1.00. The quantitative estimate of drug-likeness (QED) is 0.359. The summed E-state index contributed by atoms with van der Waals surface area (Å²) >= 11 is 0. The summed E-state index contributed by atoms with van der Waals surface area (Å²) in [7, 11) is -3.74. The molecule has 0 aliphatic heterocycles. The second-order valence-electron chi connectivity index (χ2n) is 7.05. The second-order valence-corrected chi connectivity index (χ2v) is 9.04. The largest absolute Gasteiger partial charge is 0.416 e. The van der Waals surface area contributed by atoms with E-state index in [1.165, 1.54) is 18.2 Å². The van der Waals surface area contributed by atoms with Crippen molar-refractivity contribution < 1.29 is 26.4 Å². The molecule has 31 heavy (non-hydrogen) atoms. The van der Waals surface area contributed by atoms with E-state index in [9.17, 15) is 26.4 Å². The van der Waals surface area contributed by atoms with Gasteiger partial charge in [0.1, 0.15) is 0 Å². The summed E-state index contributed by atoms with van der Waals surface area (Å²) in [6.07, 6.45) is -3.33. The lowest BCUT2D eigenvalue weighted by Crippen LogP contribution is -2.10. The Labute approximate surface area is 178 Å². The van der Waals surface area contributed by atoms with Gasteiger partial charge in [-0.3, -0.25) is 4.79 Å². The third-order valence-corrected chi connectivity index (χ3v) is 6.35. The van der Waals surface area contributed by atoms with Gasteiger partial charge in [-0.05, 0) is 48.4 Å². The van der Waals surface area contributed by atoms with Gasteiger partial charge in [-0.25, -0.2) is 8.42 Å². The SMILES string of the molecule is Cc1ccc(/C(=C\C(=O)c2ccc(C(F)(F)F)cc2)CS(=O)(=O)c2ccccc2)cc1. The minimum absolute atomic E-state index is 0.0368. The summed E-state index contributed by atoms with van der Waals surface area (Å²) in [5.41, 5.74) is 0.940. The summed E-state index contributed by atoms with van der Waals surface area (Å²) in [5, 5.41) is 0. The van der Waals surface area contributed by atoms with Gasteiger partial charge >= 0.3 is 6.18 Å². The van der Waals surface area contributed by atoms with Crippen LogP contribution in [0.5, 0.6) is 0 Å². The first kappa shape index (κ1) is 22.5. The minimum atomic E-state index is -4.51. The molecule has 3 aromatic carbocycles. The molecule has 160 valence electrons. The molecule has 3 aromatic rings. The molecule has 0 atom stereocenters. The number of halogens is 3. The first-order chi connectivity index (χ1) is 14.6. The van der Waals surface area contributed by atoms with E-state index in [2.05, 4.69) is 0 Å². The van der Waals surface area contributed by atoms with Crippen LogP contribution < -0.4 is 0 Å². The number of hydrogen-bond donors (Lipinski definition) is 0. The number of rotatable bonds is 6. The Hall–Kier alpha value is -3.19. The van der Waals surface area contributed by atoms with Crippen molar-refractivity contribution in [3.63, 3.8) is 0 Å². The molecule has 0 aromatic heterocycles. The molecule has 3 rings (SSSR count). The maximum absolute atomic E-state index is 12.9. The van der Waals surface area contributed by atoms with E-state index in [1.807, 2.05) is 6.92 Å². The molecular weight excluding hydrogens is 425 g/mol. The predicted octanol–water partition coefficient (Wildman–Crippen LogP) is 5.75. The Kier molecular flexibility index (Phi) is 6.45. The minimum Gasteiger partial charge on any atom is -0.289 e. The molecule has 0 aliphatic carbocycles. The van der Waals surface area contributed by atoms with Gasteiger partial charge in [0, 0.05) is 5.56 Å². The molecule has 0 N–H and O–H groups in total. The molecule has 7 heteroatoms. The molecule has 0 fully saturated rings. The summed E-state index contributed by atoms with van der Waals surface area (Å²) in [6.45, 7) is 1.88. The van der Waals surface area contributed by atoms with Crippen molar-refractivity contribution in [1.29, 1.82) is 0 Å².